The van der Waals surface area contributed by atoms with Gasteiger partial charge in [0.2, 0.25) is 0 Å². The Kier molecular flexibility index (Phi) is 2.19. The lowest BCUT2D eigenvalue weighted by atomic mass is 10.0. The van der Waals surface area contributed by atoms with Gasteiger partial charge in [-0.2, -0.15) is 0 Å². The highest BCUT2D eigenvalue weighted by molar-refractivity contribution is 5.86. The number of carboxylic acids is 1. The lowest BCUT2D eigenvalue weighted by molar-refractivity contribution is 0.0686. The van der Waals surface area contributed by atoms with Crippen molar-refractivity contribution in [2.75, 3.05) is 0 Å². The first-order valence-electron chi connectivity index (χ1n) is 5.14. The smallest absolute Gasteiger partial charge is 0.358 e. The number of aromatic nitrogens is 1. The van der Waals surface area contributed by atoms with Crippen LogP contribution < -0.4 is 0 Å². The summed E-state index contributed by atoms with van der Waals surface area (Å²) in [5.41, 5.74) is 2.99. The second-order valence-electron chi connectivity index (χ2n) is 3.86. The molecule has 0 unspecified atom stereocenters. The summed E-state index contributed by atoms with van der Waals surface area (Å²) < 4.78 is 10.3. The first-order chi connectivity index (χ1) is 8.24. The fourth-order valence-corrected chi connectivity index (χ4v) is 1.84. The van der Waals surface area contributed by atoms with Crippen molar-refractivity contribution in [3.05, 3.63) is 41.1 Å². The molecule has 1 aromatic heterocycles. The molecule has 0 radical (unpaired) electrons. The van der Waals surface area contributed by atoms with E-state index < -0.39 is 5.97 Å². The zero-order chi connectivity index (χ0) is 11.8. The Morgan fingerprint density at radius 1 is 1.24 bits per heavy atom. The van der Waals surface area contributed by atoms with Gasteiger partial charge in [-0.05, 0) is 17.2 Å². The van der Waals surface area contributed by atoms with Crippen LogP contribution >= 0.6 is 0 Å². The van der Waals surface area contributed by atoms with Gasteiger partial charge in [0.25, 0.3) is 0 Å². The number of rotatable bonds is 2. The van der Waals surface area contributed by atoms with E-state index in [9.17, 15) is 4.79 Å². The minimum absolute atomic E-state index is 0.0863. The number of nitrogens with zero attached hydrogens (tertiary/aromatic N) is 1. The van der Waals surface area contributed by atoms with Crippen LogP contribution in [0.4, 0.5) is 0 Å². The third-order valence-corrected chi connectivity index (χ3v) is 2.74. The van der Waals surface area contributed by atoms with Crippen molar-refractivity contribution in [1.29, 1.82) is 0 Å². The molecule has 0 saturated heterocycles. The van der Waals surface area contributed by atoms with Crippen molar-refractivity contribution in [2.24, 2.45) is 0 Å². The van der Waals surface area contributed by atoms with Gasteiger partial charge in [0, 0.05) is 11.6 Å². The fraction of sp³-hybridized carbons (Fsp3) is 0.167. The molecule has 1 N–H and O–H groups in total. The molecule has 0 saturated carbocycles. The molecule has 0 spiro atoms. The van der Waals surface area contributed by atoms with Crippen molar-refractivity contribution < 1.29 is 19.2 Å². The van der Waals surface area contributed by atoms with Crippen molar-refractivity contribution in [2.45, 2.75) is 13.2 Å². The van der Waals surface area contributed by atoms with Gasteiger partial charge in [-0.25, -0.2) is 4.79 Å². The summed E-state index contributed by atoms with van der Waals surface area (Å²) in [5.74, 6) is -0.637. The lowest BCUT2D eigenvalue weighted by Crippen LogP contribution is -1.94. The third-order valence-electron chi connectivity index (χ3n) is 2.74. The first-order valence-corrected chi connectivity index (χ1v) is 5.14. The van der Waals surface area contributed by atoms with Gasteiger partial charge in [0.15, 0.2) is 11.5 Å². The van der Waals surface area contributed by atoms with Crippen LogP contribution in [0.15, 0.2) is 28.8 Å². The molecule has 5 nitrogen and oxygen atoms in total. The number of hydrogen-bond acceptors (Lipinski definition) is 4. The highest BCUT2D eigenvalue weighted by Gasteiger charge is 2.15. The van der Waals surface area contributed by atoms with Gasteiger partial charge < -0.3 is 14.4 Å². The summed E-state index contributed by atoms with van der Waals surface area (Å²) in [5, 5.41) is 12.2. The molecule has 2 heterocycles. The number of aromatic carboxylic acids is 1. The van der Waals surface area contributed by atoms with E-state index in [0.29, 0.717) is 19.0 Å². The molecule has 0 aliphatic carbocycles. The molecule has 0 atom stereocenters. The summed E-state index contributed by atoms with van der Waals surface area (Å²) >= 11 is 0. The highest BCUT2D eigenvalue weighted by Crippen LogP contribution is 2.27. The standard InChI is InChI=1S/C12H9NO4/c14-12(15)10-4-11(17-13-10)7-1-2-8-5-16-6-9(8)3-7/h1-4H,5-6H2,(H,14,15). The number of fused-ring (bicyclic) bond motifs is 1. The Bertz CT molecular complexity index is 588. The first kappa shape index (κ1) is 10.0. The Labute approximate surface area is 96.6 Å². The fourth-order valence-electron chi connectivity index (χ4n) is 1.84. The van der Waals surface area contributed by atoms with Crippen molar-refractivity contribution in [3.8, 4) is 11.3 Å². The maximum atomic E-state index is 10.7. The van der Waals surface area contributed by atoms with Gasteiger partial charge in [-0.3, -0.25) is 0 Å². The van der Waals surface area contributed by atoms with Crippen molar-refractivity contribution in [3.63, 3.8) is 0 Å². The van der Waals surface area contributed by atoms with Crippen molar-refractivity contribution in [1.82, 2.24) is 5.16 Å². The number of benzene rings is 1. The zero-order valence-corrected chi connectivity index (χ0v) is 8.84. The summed E-state index contributed by atoms with van der Waals surface area (Å²) in [6.07, 6.45) is 0. The predicted molar refractivity (Wildman–Crippen MR) is 57.4 cm³/mol. The van der Waals surface area contributed by atoms with E-state index in [0.717, 1.165) is 16.7 Å². The van der Waals surface area contributed by atoms with Crippen LogP contribution in [-0.4, -0.2) is 16.2 Å². The largest absolute Gasteiger partial charge is 0.476 e. The summed E-state index contributed by atoms with van der Waals surface area (Å²) in [6, 6.07) is 7.19. The SMILES string of the molecule is O=C(O)c1cc(-c2ccc3c(c2)COC3)on1. The normalized spacial score (nSPS) is 13.6. The van der Waals surface area contributed by atoms with E-state index in [-0.39, 0.29) is 5.69 Å². The molecule has 5 heteroatoms. The number of ether oxygens (including phenoxy) is 1. The van der Waals surface area contributed by atoms with Crippen molar-refractivity contribution >= 4 is 5.97 Å². The monoisotopic (exact) mass is 231 g/mol. The molecular weight excluding hydrogens is 222 g/mol. The molecule has 0 bridgehead atoms. The molecule has 17 heavy (non-hydrogen) atoms. The van der Waals surface area contributed by atoms with Gasteiger partial charge in [0.1, 0.15) is 0 Å². The number of carbonyl (C=O) groups is 1. The Hall–Kier alpha value is -2.14. The molecule has 1 aromatic carbocycles. The van der Waals surface area contributed by atoms with Gasteiger partial charge >= 0.3 is 5.97 Å². The maximum absolute atomic E-state index is 10.7. The van der Waals surface area contributed by atoms with Crippen LogP contribution in [0.2, 0.25) is 0 Å². The van der Waals surface area contributed by atoms with Gasteiger partial charge in [-0.1, -0.05) is 17.3 Å². The van der Waals surface area contributed by atoms with Crippen LogP contribution in [-0.2, 0) is 18.0 Å². The molecular formula is C12H9NO4. The number of hydrogen-bond donors (Lipinski definition) is 1. The van der Waals surface area contributed by atoms with E-state index in [1.807, 2.05) is 18.2 Å². The van der Waals surface area contributed by atoms with E-state index in [4.69, 9.17) is 14.4 Å². The summed E-state index contributed by atoms with van der Waals surface area (Å²) in [4.78, 5) is 10.7. The Balaban J connectivity index is 2.00. The van der Waals surface area contributed by atoms with E-state index in [1.165, 1.54) is 6.07 Å². The average molecular weight is 231 g/mol. The summed E-state index contributed by atoms with van der Waals surface area (Å²) in [7, 11) is 0. The van der Waals surface area contributed by atoms with E-state index >= 15 is 0 Å². The van der Waals surface area contributed by atoms with E-state index in [2.05, 4.69) is 5.16 Å². The molecule has 3 rings (SSSR count). The molecule has 86 valence electrons. The molecule has 1 aliphatic heterocycles. The average Bonchev–Trinajstić information content (AvgIpc) is 2.97. The zero-order valence-electron chi connectivity index (χ0n) is 8.84. The molecule has 1 aliphatic rings. The van der Waals surface area contributed by atoms with Gasteiger partial charge in [-0.15, -0.1) is 0 Å². The summed E-state index contributed by atoms with van der Waals surface area (Å²) in [6.45, 7) is 1.22. The third kappa shape index (κ3) is 1.70. The topological polar surface area (TPSA) is 72.6 Å². The molecule has 0 fully saturated rings. The van der Waals surface area contributed by atoms with E-state index in [1.54, 1.807) is 0 Å². The number of carboxylic acid groups (broad SMARTS) is 1. The highest BCUT2D eigenvalue weighted by atomic mass is 16.5. The second-order valence-corrected chi connectivity index (χ2v) is 3.86. The Morgan fingerprint density at radius 2 is 2.06 bits per heavy atom. The molecule has 0 amide bonds. The van der Waals surface area contributed by atoms with Crippen LogP contribution in [0.25, 0.3) is 11.3 Å². The van der Waals surface area contributed by atoms with Crippen LogP contribution in [0.3, 0.4) is 0 Å². The minimum Gasteiger partial charge on any atom is -0.476 e. The minimum atomic E-state index is -1.09. The Morgan fingerprint density at radius 3 is 2.82 bits per heavy atom. The lowest BCUT2D eigenvalue weighted by Gasteiger charge is -1.99. The van der Waals surface area contributed by atoms with Crippen LogP contribution in [0.5, 0.6) is 0 Å². The molecule has 2 aromatic rings. The van der Waals surface area contributed by atoms with Gasteiger partial charge in [0.05, 0.1) is 13.2 Å². The van der Waals surface area contributed by atoms with Crippen LogP contribution in [0, 0.1) is 0 Å². The van der Waals surface area contributed by atoms with Crippen LogP contribution in [0.1, 0.15) is 21.6 Å². The maximum Gasteiger partial charge on any atom is 0.358 e. The quantitative estimate of drug-likeness (QED) is 0.856. The predicted octanol–water partition coefficient (Wildman–Crippen LogP) is 2.07. The second kappa shape index (κ2) is 3.71.